The van der Waals surface area contributed by atoms with E-state index in [2.05, 4.69) is 15.0 Å². The minimum absolute atomic E-state index is 0.0540. The molecule has 0 aliphatic carbocycles. The number of hydrogen-bond acceptors (Lipinski definition) is 9. The summed E-state index contributed by atoms with van der Waals surface area (Å²) in [6.07, 6.45) is 2.45. The molecule has 0 saturated carbocycles. The van der Waals surface area contributed by atoms with Crippen molar-refractivity contribution >= 4 is 22.9 Å². The molecule has 0 bridgehead atoms. The molecule has 2 aromatic rings. The average molecular weight is 334 g/mol. The van der Waals surface area contributed by atoms with Gasteiger partial charge in [-0.25, -0.2) is 15.0 Å². The van der Waals surface area contributed by atoms with Crippen LogP contribution in [0.3, 0.4) is 0 Å². The molecule has 1 saturated heterocycles. The molecule has 1 amide bonds. The second kappa shape index (κ2) is 5.39. The molecule has 4 atom stereocenters. The molecule has 24 heavy (non-hydrogen) atoms. The Hall–Kier alpha value is -2.78. The molecule has 0 radical (unpaired) electrons. The Morgan fingerprint density at radius 1 is 1.54 bits per heavy atom. The van der Waals surface area contributed by atoms with Crippen molar-refractivity contribution in [3.8, 4) is 12.3 Å². The van der Waals surface area contributed by atoms with Gasteiger partial charge in [0.05, 0.1) is 12.9 Å². The number of amides is 1. The highest BCUT2D eigenvalue weighted by molar-refractivity contribution is 5.93. The van der Waals surface area contributed by atoms with Crippen LogP contribution < -0.4 is 11.5 Å². The van der Waals surface area contributed by atoms with Crippen LogP contribution in [0, 0.1) is 12.3 Å². The summed E-state index contributed by atoms with van der Waals surface area (Å²) in [7, 11) is 0. The van der Waals surface area contributed by atoms with E-state index in [4.69, 9.17) is 22.6 Å². The molecule has 11 heteroatoms. The second-order valence-corrected chi connectivity index (χ2v) is 5.23. The lowest BCUT2D eigenvalue weighted by Gasteiger charge is -2.23. The Morgan fingerprint density at radius 2 is 2.25 bits per heavy atom. The average Bonchev–Trinajstić information content (AvgIpc) is 3.08. The van der Waals surface area contributed by atoms with Crippen molar-refractivity contribution in [1.29, 1.82) is 0 Å². The summed E-state index contributed by atoms with van der Waals surface area (Å²) in [5, 5.41) is 30.0. The molecule has 0 unspecified atom stereocenters. The molecule has 0 aromatic carbocycles. The molecule has 1 aliphatic rings. The first kappa shape index (κ1) is 16.1. The summed E-state index contributed by atoms with van der Waals surface area (Å²) >= 11 is 0. The number of fused-ring (bicyclic) bond motifs is 1. The van der Waals surface area contributed by atoms with Crippen molar-refractivity contribution in [2.24, 2.45) is 5.73 Å². The molecule has 3 heterocycles. The fourth-order valence-corrected chi connectivity index (χ4v) is 2.57. The zero-order valence-corrected chi connectivity index (χ0v) is 12.2. The van der Waals surface area contributed by atoms with Crippen LogP contribution in [0.1, 0.15) is 16.8 Å². The number of terminal acetylenes is 1. The number of imidazole rings is 1. The summed E-state index contributed by atoms with van der Waals surface area (Å²) in [5.41, 5.74) is 8.96. The second-order valence-electron chi connectivity index (χ2n) is 5.23. The van der Waals surface area contributed by atoms with Crippen molar-refractivity contribution in [3.63, 3.8) is 0 Å². The van der Waals surface area contributed by atoms with Gasteiger partial charge in [-0.3, -0.25) is 9.36 Å². The summed E-state index contributed by atoms with van der Waals surface area (Å²) in [5.74, 6) is 0.684. The number of nitrogen functional groups attached to an aromatic ring is 1. The van der Waals surface area contributed by atoms with Gasteiger partial charge in [0, 0.05) is 0 Å². The first-order valence-electron chi connectivity index (χ1n) is 6.77. The standard InChI is InChI=1S/C13H14N6O5/c1-2-13(23)5(3-20)24-12(7(13)21)19-4-16-6-8(14)17-10(9(15)22)18-11(6)19/h1,4-5,7,12,20-21,23H,3H2,(H2,15,22)(H2,14,17,18)/t5-,7+,12-,13-/m1/s1. The van der Waals surface area contributed by atoms with Gasteiger partial charge in [0.2, 0.25) is 5.82 Å². The van der Waals surface area contributed by atoms with Gasteiger partial charge in [-0.1, -0.05) is 5.92 Å². The highest BCUT2D eigenvalue weighted by Crippen LogP contribution is 2.38. The Labute approximate surface area is 134 Å². The van der Waals surface area contributed by atoms with Gasteiger partial charge >= 0.3 is 0 Å². The SMILES string of the molecule is C#C[C@@]1(O)[C@@H](CO)O[C@@H](n2cnc3c(N)nc(C(N)=O)nc32)[C@@H]1O. The summed E-state index contributed by atoms with van der Waals surface area (Å²) in [6, 6.07) is 0. The predicted molar refractivity (Wildman–Crippen MR) is 79.0 cm³/mol. The molecule has 3 rings (SSSR count). The molecule has 126 valence electrons. The van der Waals surface area contributed by atoms with Gasteiger partial charge in [-0.15, -0.1) is 6.42 Å². The number of carbonyl (C=O) groups excluding carboxylic acids is 1. The smallest absolute Gasteiger partial charge is 0.286 e. The first-order chi connectivity index (χ1) is 11.3. The normalized spacial score (nSPS) is 29.7. The van der Waals surface area contributed by atoms with E-state index in [0.717, 1.165) is 0 Å². The van der Waals surface area contributed by atoms with Crippen LogP contribution in [0.25, 0.3) is 11.2 Å². The van der Waals surface area contributed by atoms with Crippen LogP contribution in [-0.4, -0.2) is 65.2 Å². The number of aliphatic hydroxyl groups is 3. The zero-order chi connectivity index (χ0) is 17.6. The molecule has 11 nitrogen and oxygen atoms in total. The van der Waals surface area contributed by atoms with E-state index < -0.39 is 36.6 Å². The lowest BCUT2D eigenvalue weighted by atomic mass is 9.93. The van der Waals surface area contributed by atoms with Crippen LogP contribution in [0.2, 0.25) is 0 Å². The van der Waals surface area contributed by atoms with Crippen LogP contribution >= 0.6 is 0 Å². The van der Waals surface area contributed by atoms with Crippen molar-refractivity contribution in [3.05, 3.63) is 12.2 Å². The molecule has 7 N–H and O–H groups in total. The third kappa shape index (κ3) is 2.09. The molecule has 0 spiro atoms. The first-order valence-corrected chi connectivity index (χ1v) is 6.77. The molecule has 2 aromatic heterocycles. The van der Waals surface area contributed by atoms with Gasteiger partial charge in [-0.05, 0) is 0 Å². The lowest BCUT2D eigenvalue weighted by molar-refractivity contribution is -0.0605. The van der Waals surface area contributed by atoms with Gasteiger partial charge in [0.1, 0.15) is 17.7 Å². The van der Waals surface area contributed by atoms with E-state index >= 15 is 0 Å². The minimum atomic E-state index is -2.11. The maximum absolute atomic E-state index is 11.3. The number of rotatable bonds is 3. The van der Waals surface area contributed by atoms with Crippen molar-refractivity contribution in [2.45, 2.75) is 24.0 Å². The van der Waals surface area contributed by atoms with Crippen molar-refractivity contribution in [2.75, 3.05) is 12.3 Å². The van der Waals surface area contributed by atoms with Gasteiger partial charge in [0.25, 0.3) is 5.91 Å². The maximum atomic E-state index is 11.3. The predicted octanol–water partition coefficient (Wildman–Crippen LogP) is -2.88. The summed E-state index contributed by atoms with van der Waals surface area (Å²) < 4.78 is 6.66. The fraction of sp³-hybridized carbons (Fsp3) is 0.385. The number of carbonyl (C=O) groups is 1. The van der Waals surface area contributed by atoms with Crippen LogP contribution in [0.4, 0.5) is 5.82 Å². The number of primary amides is 1. The highest BCUT2D eigenvalue weighted by Gasteiger charge is 2.55. The van der Waals surface area contributed by atoms with E-state index in [9.17, 15) is 20.1 Å². The Bertz CT molecular complexity index is 860. The molecule has 1 aliphatic heterocycles. The van der Waals surface area contributed by atoms with Crippen LogP contribution in [-0.2, 0) is 4.74 Å². The molecule has 1 fully saturated rings. The summed E-state index contributed by atoms with van der Waals surface area (Å²) in [6.45, 7) is -0.620. The monoisotopic (exact) mass is 334 g/mol. The van der Waals surface area contributed by atoms with E-state index in [-0.39, 0.29) is 22.8 Å². The molecular formula is C13H14N6O5. The van der Waals surface area contributed by atoms with Gasteiger partial charge in [-0.2, -0.15) is 0 Å². The third-order valence-electron chi connectivity index (χ3n) is 3.86. The fourth-order valence-electron chi connectivity index (χ4n) is 2.57. The Kier molecular flexibility index (Phi) is 3.61. The van der Waals surface area contributed by atoms with Crippen molar-refractivity contribution < 1.29 is 24.9 Å². The van der Waals surface area contributed by atoms with Crippen molar-refractivity contribution in [1.82, 2.24) is 19.5 Å². The van der Waals surface area contributed by atoms with E-state index in [1.54, 1.807) is 0 Å². The van der Waals surface area contributed by atoms with E-state index in [1.807, 2.05) is 5.92 Å². The number of ether oxygens (including phenoxy) is 1. The van der Waals surface area contributed by atoms with Crippen LogP contribution in [0.15, 0.2) is 6.33 Å². The maximum Gasteiger partial charge on any atom is 0.286 e. The summed E-state index contributed by atoms with van der Waals surface area (Å²) in [4.78, 5) is 23.0. The Morgan fingerprint density at radius 3 is 2.79 bits per heavy atom. The number of anilines is 1. The van der Waals surface area contributed by atoms with E-state index in [1.165, 1.54) is 10.9 Å². The van der Waals surface area contributed by atoms with Crippen LogP contribution in [0.5, 0.6) is 0 Å². The third-order valence-corrected chi connectivity index (χ3v) is 3.86. The quantitative estimate of drug-likeness (QED) is 0.368. The number of nitrogens with zero attached hydrogens (tertiary/aromatic N) is 4. The number of aliphatic hydroxyl groups excluding tert-OH is 2. The van der Waals surface area contributed by atoms with E-state index in [0.29, 0.717) is 0 Å². The largest absolute Gasteiger partial charge is 0.394 e. The highest BCUT2D eigenvalue weighted by atomic mass is 16.6. The topological polar surface area (TPSA) is 183 Å². The van der Waals surface area contributed by atoms with Gasteiger partial charge in [0.15, 0.2) is 23.3 Å². The Balaban J connectivity index is 2.14. The molecular weight excluding hydrogens is 320 g/mol. The zero-order valence-electron chi connectivity index (χ0n) is 12.2. The van der Waals surface area contributed by atoms with Gasteiger partial charge < -0.3 is 31.5 Å². The lowest BCUT2D eigenvalue weighted by Crippen LogP contribution is -2.47. The number of hydrogen-bond donors (Lipinski definition) is 5. The number of aromatic nitrogens is 4. The minimum Gasteiger partial charge on any atom is -0.394 e. The number of nitrogens with two attached hydrogens (primary N) is 2.